The quantitative estimate of drug-likeness (QED) is 0.903. The fourth-order valence-electron chi connectivity index (χ4n) is 1.36. The van der Waals surface area contributed by atoms with Gasteiger partial charge in [-0.25, -0.2) is 4.79 Å². The lowest BCUT2D eigenvalue weighted by molar-refractivity contribution is 0.0696. The molecule has 15 heavy (non-hydrogen) atoms. The van der Waals surface area contributed by atoms with Crippen molar-refractivity contribution in [3.05, 3.63) is 46.0 Å². The minimum atomic E-state index is -0.947. The molecule has 0 aliphatic heterocycles. The molecule has 3 heteroatoms. The van der Waals surface area contributed by atoms with E-state index in [-0.39, 0.29) is 5.56 Å². The van der Waals surface area contributed by atoms with Crippen LogP contribution in [0.3, 0.4) is 0 Å². The molecule has 0 bridgehead atoms. The largest absolute Gasteiger partial charge is 0.478 e. The van der Waals surface area contributed by atoms with Crippen LogP contribution < -0.4 is 0 Å². The van der Waals surface area contributed by atoms with Crippen LogP contribution in [0.4, 0.5) is 0 Å². The van der Waals surface area contributed by atoms with Crippen LogP contribution in [0.25, 0.3) is 12.2 Å². The molecule has 78 valence electrons. The summed E-state index contributed by atoms with van der Waals surface area (Å²) < 4.78 is 0.749. The summed E-state index contributed by atoms with van der Waals surface area (Å²) in [5.74, 6) is -0.947. The third-order valence-electron chi connectivity index (χ3n) is 1.96. The Kier molecular flexibility index (Phi) is 3.86. The first-order chi connectivity index (χ1) is 7.10. The Hall–Kier alpha value is -1.35. The van der Waals surface area contributed by atoms with Gasteiger partial charge in [0.15, 0.2) is 0 Å². The van der Waals surface area contributed by atoms with E-state index in [1.807, 2.05) is 25.1 Å². The molecule has 0 spiro atoms. The van der Waals surface area contributed by atoms with Crippen molar-refractivity contribution in [1.29, 1.82) is 0 Å². The van der Waals surface area contributed by atoms with Gasteiger partial charge >= 0.3 is 5.97 Å². The summed E-state index contributed by atoms with van der Waals surface area (Å²) in [7, 11) is 0. The average molecular weight is 267 g/mol. The molecule has 1 aromatic carbocycles. The van der Waals surface area contributed by atoms with Crippen molar-refractivity contribution in [3.8, 4) is 0 Å². The number of carbonyl (C=O) groups is 1. The SMILES string of the molecule is C=Cc1c(/C=C\C)cc(Br)cc1C(=O)O. The van der Waals surface area contributed by atoms with Crippen LogP contribution in [0.15, 0.2) is 29.3 Å². The summed E-state index contributed by atoms with van der Waals surface area (Å²) in [4.78, 5) is 11.0. The van der Waals surface area contributed by atoms with Crippen molar-refractivity contribution in [2.75, 3.05) is 0 Å². The Morgan fingerprint density at radius 3 is 2.67 bits per heavy atom. The van der Waals surface area contributed by atoms with Gasteiger partial charge in [-0.15, -0.1) is 0 Å². The number of allylic oxidation sites excluding steroid dienone is 1. The van der Waals surface area contributed by atoms with Gasteiger partial charge in [-0.1, -0.05) is 40.7 Å². The molecule has 1 N–H and O–H groups in total. The zero-order chi connectivity index (χ0) is 11.4. The molecule has 0 saturated carbocycles. The fraction of sp³-hybridized carbons (Fsp3) is 0.0833. The molecular weight excluding hydrogens is 256 g/mol. The first kappa shape index (κ1) is 11.7. The molecule has 0 amide bonds. The molecule has 1 rings (SSSR count). The second-order valence-corrected chi connectivity index (χ2v) is 3.88. The highest BCUT2D eigenvalue weighted by Crippen LogP contribution is 2.24. The number of halogens is 1. The molecule has 2 nitrogen and oxygen atoms in total. The monoisotopic (exact) mass is 266 g/mol. The Bertz CT molecular complexity index is 433. The first-order valence-electron chi connectivity index (χ1n) is 4.42. The predicted octanol–water partition coefficient (Wildman–Crippen LogP) is 3.82. The van der Waals surface area contributed by atoms with Crippen LogP contribution in [0.2, 0.25) is 0 Å². The van der Waals surface area contributed by atoms with Gasteiger partial charge in [0.25, 0.3) is 0 Å². The maximum atomic E-state index is 11.0. The molecule has 0 radical (unpaired) electrons. The van der Waals surface area contributed by atoms with Gasteiger partial charge < -0.3 is 5.11 Å². The molecule has 0 atom stereocenters. The number of carboxylic acid groups (broad SMARTS) is 1. The second kappa shape index (κ2) is 4.94. The minimum absolute atomic E-state index is 0.257. The Labute approximate surface area is 97.1 Å². The summed E-state index contributed by atoms with van der Waals surface area (Å²) >= 11 is 3.28. The number of hydrogen-bond acceptors (Lipinski definition) is 1. The number of aromatic carboxylic acids is 1. The highest BCUT2D eigenvalue weighted by Gasteiger charge is 2.11. The van der Waals surface area contributed by atoms with E-state index in [4.69, 9.17) is 5.11 Å². The van der Waals surface area contributed by atoms with E-state index in [9.17, 15) is 4.79 Å². The topological polar surface area (TPSA) is 37.3 Å². The van der Waals surface area contributed by atoms with Crippen LogP contribution in [-0.4, -0.2) is 11.1 Å². The van der Waals surface area contributed by atoms with Gasteiger partial charge in [-0.2, -0.15) is 0 Å². The van der Waals surface area contributed by atoms with Gasteiger partial charge in [-0.3, -0.25) is 0 Å². The molecule has 0 aliphatic carbocycles. The minimum Gasteiger partial charge on any atom is -0.478 e. The Morgan fingerprint density at radius 2 is 2.20 bits per heavy atom. The number of benzene rings is 1. The van der Waals surface area contributed by atoms with Crippen LogP contribution in [-0.2, 0) is 0 Å². The van der Waals surface area contributed by atoms with E-state index in [1.165, 1.54) is 0 Å². The first-order valence-corrected chi connectivity index (χ1v) is 5.21. The molecular formula is C12H11BrO2. The van der Waals surface area contributed by atoms with E-state index < -0.39 is 5.97 Å². The highest BCUT2D eigenvalue weighted by molar-refractivity contribution is 9.10. The van der Waals surface area contributed by atoms with Gasteiger partial charge in [0.2, 0.25) is 0 Å². The highest BCUT2D eigenvalue weighted by atomic mass is 79.9. The lowest BCUT2D eigenvalue weighted by atomic mass is 10.0. The van der Waals surface area contributed by atoms with Crippen molar-refractivity contribution in [3.63, 3.8) is 0 Å². The van der Waals surface area contributed by atoms with Gasteiger partial charge in [0.1, 0.15) is 0 Å². The molecule has 0 unspecified atom stereocenters. The lowest BCUT2D eigenvalue weighted by Gasteiger charge is -2.06. The standard InChI is InChI=1S/C12H11BrO2/c1-3-5-8-6-9(13)7-11(12(14)15)10(8)4-2/h3-7H,2H2,1H3,(H,14,15)/b5-3-. The molecule has 0 heterocycles. The molecule has 1 aromatic rings. The van der Waals surface area contributed by atoms with Gasteiger partial charge in [0.05, 0.1) is 5.56 Å². The van der Waals surface area contributed by atoms with E-state index in [1.54, 1.807) is 12.1 Å². The number of rotatable bonds is 3. The van der Waals surface area contributed by atoms with E-state index >= 15 is 0 Å². The van der Waals surface area contributed by atoms with Crippen LogP contribution in [0.1, 0.15) is 28.4 Å². The predicted molar refractivity (Wildman–Crippen MR) is 65.9 cm³/mol. The average Bonchev–Trinajstić information content (AvgIpc) is 2.17. The van der Waals surface area contributed by atoms with Crippen molar-refractivity contribution >= 4 is 34.1 Å². The zero-order valence-corrected chi connectivity index (χ0v) is 9.91. The summed E-state index contributed by atoms with van der Waals surface area (Å²) in [6.45, 7) is 5.52. The van der Waals surface area contributed by atoms with Crippen molar-refractivity contribution < 1.29 is 9.90 Å². The third kappa shape index (κ3) is 2.57. The third-order valence-corrected chi connectivity index (χ3v) is 2.42. The van der Waals surface area contributed by atoms with E-state index in [0.717, 1.165) is 10.0 Å². The number of hydrogen-bond donors (Lipinski definition) is 1. The zero-order valence-electron chi connectivity index (χ0n) is 8.33. The lowest BCUT2D eigenvalue weighted by Crippen LogP contribution is -2.01. The van der Waals surface area contributed by atoms with E-state index in [0.29, 0.717) is 5.56 Å². The molecule has 0 aromatic heterocycles. The van der Waals surface area contributed by atoms with Gasteiger partial charge in [-0.05, 0) is 30.2 Å². The Balaban J connectivity index is 3.51. The van der Waals surface area contributed by atoms with E-state index in [2.05, 4.69) is 22.5 Å². The van der Waals surface area contributed by atoms with Crippen molar-refractivity contribution in [1.82, 2.24) is 0 Å². The van der Waals surface area contributed by atoms with Crippen molar-refractivity contribution in [2.24, 2.45) is 0 Å². The summed E-state index contributed by atoms with van der Waals surface area (Å²) in [5, 5.41) is 9.02. The molecule has 0 saturated heterocycles. The van der Waals surface area contributed by atoms with Gasteiger partial charge in [0, 0.05) is 4.47 Å². The second-order valence-electron chi connectivity index (χ2n) is 2.97. The maximum Gasteiger partial charge on any atom is 0.336 e. The van der Waals surface area contributed by atoms with Crippen molar-refractivity contribution in [2.45, 2.75) is 6.92 Å². The molecule has 0 aliphatic rings. The molecule has 0 fully saturated rings. The van der Waals surface area contributed by atoms with Crippen LogP contribution in [0.5, 0.6) is 0 Å². The Morgan fingerprint density at radius 1 is 1.53 bits per heavy atom. The summed E-state index contributed by atoms with van der Waals surface area (Å²) in [6.07, 6.45) is 5.28. The number of carboxylic acids is 1. The van der Waals surface area contributed by atoms with Crippen LogP contribution in [0, 0.1) is 0 Å². The summed E-state index contributed by atoms with van der Waals surface area (Å²) in [6, 6.07) is 3.44. The summed E-state index contributed by atoms with van der Waals surface area (Å²) in [5.41, 5.74) is 1.75. The fourth-order valence-corrected chi connectivity index (χ4v) is 1.84. The normalized spacial score (nSPS) is 10.5. The maximum absolute atomic E-state index is 11.0. The smallest absolute Gasteiger partial charge is 0.336 e. The van der Waals surface area contributed by atoms with Crippen LogP contribution >= 0.6 is 15.9 Å².